The Bertz CT molecular complexity index is 774. The first-order valence-electron chi connectivity index (χ1n) is 9.11. The summed E-state index contributed by atoms with van der Waals surface area (Å²) in [6.07, 6.45) is 0.510. The molecule has 1 fully saturated rings. The molecule has 0 saturated carbocycles. The topological polar surface area (TPSA) is 23.6 Å². The summed E-state index contributed by atoms with van der Waals surface area (Å²) in [5.41, 5.74) is 7.58. The van der Waals surface area contributed by atoms with Crippen LogP contribution in [0.2, 0.25) is 0 Å². The predicted molar refractivity (Wildman–Crippen MR) is 104 cm³/mol. The number of carbonyl (C=O) groups is 1. The molecule has 1 aliphatic heterocycles. The van der Waals surface area contributed by atoms with Gasteiger partial charge in [-0.2, -0.15) is 0 Å². The summed E-state index contributed by atoms with van der Waals surface area (Å²) in [5, 5.41) is 0. The molecule has 0 unspecified atom stereocenters. The van der Waals surface area contributed by atoms with Gasteiger partial charge in [0.1, 0.15) is 0 Å². The first kappa shape index (κ1) is 17.5. The number of amides is 1. The fourth-order valence-electron chi connectivity index (χ4n) is 3.59. The summed E-state index contributed by atoms with van der Waals surface area (Å²) in [6, 6.07) is 12.8. The first-order valence-corrected chi connectivity index (χ1v) is 9.11. The van der Waals surface area contributed by atoms with E-state index in [1.807, 2.05) is 4.90 Å². The van der Waals surface area contributed by atoms with Crippen molar-refractivity contribution in [3.05, 3.63) is 64.2 Å². The van der Waals surface area contributed by atoms with Crippen LogP contribution >= 0.6 is 0 Å². The van der Waals surface area contributed by atoms with E-state index < -0.39 is 0 Å². The second-order valence-corrected chi connectivity index (χ2v) is 7.19. The van der Waals surface area contributed by atoms with Crippen molar-refractivity contribution in [1.29, 1.82) is 0 Å². The second kappa shape index (κ2) is 7.30. The molecule has 132 valence electrons. The van der Waals surface area contributed by atoms with E-state index in [1.165, 1.54) is 27.9 Å². The van der Waals surface area contributed by atoms with Crippen LogP contribution in [0, 0.1) is 27.7 Å². The van der Waals surface area contributed by atoms with Crippen LogP contribution in [-0.4, -0.2) is 37.0 Å². The van der Waals surface area contributed by atoms with E-state index in [2.05, 4.69) is 69.0 Å². The third-order valence-corrected chi connectivity index (χ3v) is 5.39. The molecule has 0 atom stereocenters. The maximum atomic E-state index is 12.7. The zero-order valence-electron chi connectivity index (χ0n) is 15.8. The van der Waals surface area contributed by atoms with Crippen LogP contribution in [0.15, 0.2) is 36.4 Å². The van der Waals surface area contributed by atoms with Crippen molar-refractivity contribution in [2.24, 2.45) is 0 Å². The van der Waals surface area contributed by atoms with Gasteiger partial charge in [0.2, 0.25) is 5.91 Å². The number of carbonyl (C=O) groups excluding carboxylic acids is 1. The van der Waals surface area contributed by atoms with Crippen LogP contribution in [-0.2, 0) is 11.2 Å². The molecule has 1 saturated heterocycles. The molecular weight excluding hydrogens is 308 g/mol. The lowest BCUT2D eigenvalue weighted by molar-refractivity contribution is -0.130. The Balaban J connectivity index is 1.62. The summed E-state index contributed by atoms with van der Waals surface area (Å²) >= 11 is 0. The zero-order chi connectivity index (χ0) is 18.0. The molecule has 0 aromatic heterocycles. The van der Waals surface area contributed by atoms with Gasteiger partial charge in [-0.05, 0) is 56.0 Å². The maximum absolute atomic E-state index is 12.7. The SMILES string of the molecule is Cc1ccc(CC(=O)N2CCN(c3cccc(C)c3C)CC2)c(C)c1. The van der Waals surface area contributed by atoms with Gasteiger partial charge in [0.05, 0.1) is 6.42 Å². The summed E-state index contributed by atoms with van der Waals surface area (Å²) in [6.45, 7) is 11.9. The Morgan fingerprint density at radius 3 is 2.32 bits per heavy atom. The van der Waals surface area contributed by atoms with Crippen molar-refractivity contribution in [2.75, 3.05) is 31.1 Å². The smallest absolute Gasteiger partial charge is 0.227 e. The molecule has 0 N–H and O–H groups in total. The molecule has 1 heterocycles. The monoisotopic (exact) mass is 336 g/mol. The first-order chi connectivity index (χ1) is 12.0. The van der Waals surface area contributed by atoms with Crippen molar-refractivity contribution in [2.45, 2.75) is 34.1 Å². The minimum atomic E-state index is 0.243. The van der Waals surface area contributed by atoms with Crippen LogP contribution in [0.25, 0.3) is 0 Å². The average Bonchev–Trinajstić information content (AvgIpc) is 2.60. The molecule has 2 aromatic rings. The number of hydrogen-bond donors (Lipinski definition) is 0. The predicted octanol–water partition coefficient (Wildman–Crippen LogP) is 3.81. The fourth-order valence-corrected chi connectivity index (χ4v) is 3.59. The Morgan fingerprint density at radius 1 is 0.920 bits per heavy atom. The van der Waals surface area contributed by atoms with Crippen LogP contribution in [0.1, 0.15) is 27.8 Å². The Hall–Kier alpha value is -2.29. The minimum Gasteiger partial charge on any atom is -0.368 e. The number of rotatable bonds is 3. The van der Waals surface area contributed by atoms with Crippen molar-refractivity contribution in [3.8, 4) is 0 Å². The Morgan fingerprint density at radius 2 is 1.64 bits per heavy atom. The van der Waals surface area contributed by atoms with Crippen molar-refractivity contribution in [3.63, 3.8) is 0 Å². The number of nitrogens with zero attached hydrogens (tertiary/aromatic N) is 2. The second-order valence-electron chi connectivity index (χ2n) is 7.19. The van der Waals surface area contributed by atoms with E-state index in [9.17, 15) is 4.79 Å². The zero-order valence-corrected chi connectivity index (χ0v) is 15.8. The number of piperazine rings is 1. The standard InChI is InChI=1S/C22H28N2O/c1-16-8-9-20(18(3)14-16)15-22(25)24-12-10-23(11-13-24)21-7-5-6-17(2)19(21)4/h5-9,14H,10-13,15H2,1-4H3. The number of anilines is 1. The lowest BCUT2D eigenvalue weighted by atomic mass is 10.0. The van der Waals surface area contributed by atoms with Gasteiger partial charge < -0.3 is 9.80 Å². The summed E-state index contributed by atoms with van der Waals surface area (Å²) in [7, 11) is 0. The van der Waals surface area contributed by atoms with Crippen molar-refractivity contribution in [1.82, 2.24) is 4.90 Å². The van der Waals surface area contributed by atoms with Crippen LogP contribution in [0.5, 0.6) is 0 Å². The van der Waals surface area contributed by atoms with E-state index in [0.717, 1.165) is 31.7 Å². The number of aryl methyl sites for hydroxylation is 3. The molecule has 1 aliphatic rings. The van der Waals surface area contributed by atoms with Gasteiger partial charge in [0.15, 0.2) is 0 Å². The number of benzene rings is 2. The molecule has 3 nitrogen and oxygen atoms in total. The van der Waals surface area contributed by atoms with Gasteiger partial charge >= 0.3 is 0 Å². The maximum Gasteiger partial charge on any atom is 0.227 e. The van der Waals surface area contributed by atoms with E-state index >= 15 is 0 Å². The molecule has 0 aliphatic carbocycles. The van der Waals surface area contributed by atoms with Crippen LogP contribution in [0.4, 0.5) is 5.69 Å². The highest BCUT2D eigenvalue weighted by atomic mass is 16.2. The summed E-state index contributed by atoms with van der Waals surface area (Å²) in [5.74, 6) is 0.243. The Labute approximate surface area is 151 Å². The third kappa shape index (κ3) is 3.87. The molecule has 0 bridgehead atoms. The van der Waals surface area contributed by atoms with Gasteiger partial charge in [-0.1, -0.05) is 35.9 Å². The van der Waals surface area contributed by atoms with Gasteiger partial charge in [-0.15, -0.1) is 0 Å². The molecule has 3 heteroatoms. The molecule has 25 heavy (non-hydrogen) atoms. The van der Waals surface area contributed by atoms with E-state index in [4.69, 9.17) is 0 Å². The van der Waals surface area contributed by atoms with Crippen LogP contribution in [0.3, 0.4) is 0 Å². The largest absolute Gasteiger partial charge is 0.368 e. The highest BCUT2D eigenvalue weighted by Gasteiger charge is 2.22. The molecule has 0 radical (unpaired) electrons. The third-order valence-electron chi connectivity index (χ3n) is 5.39. The highest BCUT2D eigenvalue weighted by molar-refractivity contribution is 5.79. The average molecular weight is 336 g/mol. The van der Waals surface area contributed by atoms with E-state index in [0.29, 0.717) is 6.42 Å². The van der Waals surface area contributed by atoms with E-state index in [1.54, 1.807) is 0 Å². The van der Waals surface area contributed by atoms with Gasteiger partial charge in [-0.25, -0.2) is 0 Å². The molecule has 2 aromatic carbocycles. The number of hydrogen-bond acceptors (Lipinski definition) is 2. The summed E-state index contributed by atoms with van der Waals surface area (Å²) in [4.78, 5) is 17.1. The molecule has 0 spiro atoms. The van der Waals surface area contributed by atoms with Crippen molar-refractivity contribution >= 4 is 11.6 Å². The quantitative estimate of drug-likeness (QED) is 0.851. The molecular formula is C22H28N2O. The van der Waals surface area contributed by atoms with Gasteiger partial charge in [-0.3, -0.25) is 4.79 Å². The van der Waals surface area contributed by atoms with Crippen LogP contribution < -0.4 is 4.90 Å². The summed E-state index contributed by atoms with van der Waals surface area (Å²) < 4.78 is 0. The lowest BCUT2D eigenvalue weighted by Crippen LogP contribution is -2.49. The highest BCUT2D eigenvalue weighted by Crippen LogP contribution is 2.24. The molecule has 1 amide bonds. The Kier molecular flexibility index (Phi) is 5.12. The molecule has 3 rings (SSSR count). The minimum absolute atomic E-state index is 0.243. The van der Waals surface area contributed by atoms with Gasteiger partial charge in [0, 0.05) is 31.9 Å². The van der Waals surface area contributed by atoms with Crippen molar-refractivity contribution < 1.29 is 4.79 Å². The fraction of sp³-hybridized carbons (Fsp3) is 0.409. The normalized spacial score (nSPS) is 14.7. The van der Waals surface area contributed by atoms with Gasteiger partial charge in [0.25, 0.3) is 0 Å². The lowest BCUT2D eigenvalue weighted by Gasteiger charge is -2.37. The van der Waals surface area contributed by atoms with E-state index in [-0.39, 0.29) is 5.91 Å².